The van der Waals surface area contributed by atoms with Crippen LogP contribution in [-0.4, -0.2) is 36.5 Å². The van der Waals surface area contributed by atoms with Gasteiger partial charge in [0.15, 0.2) is 0 Å². The van der Waals surface area contributed by atoms with Crippen LogP contribution in [0.15, 0.2) is 371 Å². The number of aryl methyl sites for hydroxylation is 1. The third-order valence-electron chi connectivity index (χ3n) is 23.9. The molecule has 0 atom stereocenters. The molecular weight excluding hydrogens is 1350 g/mol. The minimum Gasteiger partial charge on any atom is -0.309 e. The molecule has 0 bridgehead atoms. The van der Waals surface area contributed by atoms with Crippen molar-refractivity contribution in [3.63, 3.8) is 0 Å². The van der Waals surface area contributed by atoms with Crippen molar-refractivity contribution in [2.24, 2.45) is 0 Å². The molecule has 0 aliphatic rings. The maximum absolute atomic E-state index is 4.36. The van der Waals surface area contributed by atoms with Gasteiger partial charge in [-0.3, -0.25) is 0 Å². The molecule has 0 amide bonds. The van der Waals surface area contributed by atoms with E-state index in [1.165, 1.54) is 43.1 Å². The fourth-order valence-electron chi connectivity index (χ4n) is 19.3. The van der Waals surface area contributed by atoms with Crippen LogP contribution in [0.25, 0.3) is 215 Å². The number of benzene rings is 16. The summed E-state index contributed by atoms with van der Waals surface area (Å²) in [6, 6.07) is 131. The lowest BCUT2D eigenvalue weighted by Crippen LogP contribution is -2.11. The largest absolute Gasteiger partial charge is 0.309 e. The Balaban J connectivity index is 0.921. The van der Waals surface area contributed by atoms with Gasteiger partial charge in [0.05, 0.1) is 106 Å². The van der Waals surface area contributed by atoms with E-state index in [0.717, 1.165) is 177 Å². The average Bonchev–Trinajstić information content (AvgIpc) is 1.54. The first kappa shape index (κ1) is 61.3. The zero-order valence-corrected chi connectivity index (χ0v) is 60.5. The molecule has 0 N–H and O–H groups in total. The van der Waals surface area contributed by atoms with E-state index in [1.807, 2.05) is 6.08 Å². The van der Waals surface area contributed by atoms with Crippen molar-refractivity contribution in [2.45, 2.75) is 6.92 Å². The lowest BCUT2D eigenvalue weighted by molar-refractivity contribution is 1.02. The maximum atomic E-state index is 4.36. The van der Waals surface area contributed by atoms with Crippen LogP contribution in [0, 0.1) is 6.92 Å². The number of para-hydroxylation sites is 11. The molecule has 24 aromatic rings. The van der Waals surface area contributed by atoms with E-state index in [-0.39, 0.29) is 0 Å². The van der Waals surface area contributed by atoms with Crippen molar-refractivity contribution >= 4 is 170 Å². The quantitative estimate of drug-likeness (QED) is 0.122. The standard InChI is InChI=1S/C103H66N8/c1-3-4-46-84-64(2)76-54-93-77(69-39-17-24-47-85(69)104(93)65-31-9-5-10-32-65)55-92(76)108(84)100-62-102(110-90-52-29-22-44-74(90)82-57-95-79(60-98(82)110)71-41-19-26-49-87(71)106(95)67-35-13-7-14-36-67)103(111-91-53-30-23-45-75(91)83-58-96-80(61-99(83)111)72-42-20-27-50-88(72)107(96)68-37-15-8-16-38-68)63-101(100)109-89-51-28-21-43-73(89)81-56-94-78(59-97(81)109)70-40-18-25-48-86(70)105(94)66-33-11-6-12-34-66/h3-63H,1H2,2H3/b46-4-. The molecule has 8 heterocycles. The minimum absolute atomic E-state index is 0.998. The van der Waals surface area contributed by atoms with E-state index in [4.69, 9.17) is 0 Å². The predicted molar refractivity (Wildman–Crippen MR) is 468 cm³/mol. The van der Waals surface area contributed by atoms with Crippen molar-refractivity contribution in [2.75, 3.05) is 0 Å². The van der Waals surface area contributed by atoms with Crippen LogP contribution in [0.4, 0.5) is 0 Å². The Hall–Kier alpha value is -14.9. The van der Waals surface area contributed by atoms with Gasteiger partial charge < -0.3 is 36.5 Å². The van der Waals surface area contributed by atoms with E-state index < -0.39 is 0 Å². The summed E-state index contributed by atoms with van der Waals surface area (Å²) in [5.74, 6) is 0. The Morgan fingerprint density at radius 2 is 0.387 bits per heavy atom. The molecule has 0 aliphatic carbocycles. The fraction of sp³-hybridized carbons (Fsp3) is 0.00971. The van der Waals surface area contributed by atoms with Crippen molar-refractivity contribution < 1.29 is 0 Å². The second-order valence-corrected chi connectivity index (χ2v) is 29.6. The van der Waals surface area contributed by atoms with Gasteiger partial charge in [-0.05, 0) is 170 Å². The summed E-state index contributed by atoms with van der Waals surface area (Å²) in [5, 5.41) is 17.5. The van der Waals surface area contributed by atoms with E-state index in [9.17, 15) is 0 Å². The van der Waals surface area contributed by atoms with Gasteiger partial charge in [-0.1, -0.05) is 219 Å². The SMILES string of the molecule is C=C/C=C\c1c(C)c2cc3c(cc2n1-c1cc(-n2c4ccccc4c4cc5c(cc42)c2ccccc2n5-c2ccccc2)c(-n2c4ccccc4c4cc5c(cc42)c2ccccc2n5-c2ccccc2)cc1-n1c2ccccc2c2cc4c(cc21)c1ccccc1n4-c1ccccc1)c1ccccc1n3-c1ccccc1. The molecule has 0 unspecified atom stereocenters. The highest BCUT2D eigenvalue weighted by Gasteiger charge is 2.31. The summed E-state index contributed by atoms with van der Waals surface area (Å²) in [6.45, 7) is 6.68. The minimum atomic E-state index is 0.998. The van der Waals surface area contributed by atoms with Crippen LogP contribution in [0.1, 0.15) is 11.3 Å². The van der Waals surface area contributed by atoms with Gasteiger partial charge in [-0.2, -0.15) is 0 Å². The van der Waals surface area contributed by atoms with Crippen LogP contribution in [-0.2, 0) is 0 Å². The van der Waals surface area contributed by atoms with Crippen molar-refractivity contribution in [3.05, 3.63) is 382 Å². The number of rotatable bonds is 10. The summed E-state index contributed by atoms with van der Waals surface area (Å²) in [4.78, 5) is 0. The Morgan fingerprint density at radius 1 is 0.189 bits per heavy atom. The second kappa shape index (κ2) is 23.3. The molecule has 16 aromatic carbocycles. The molecule has 0 aliphatic heterocycles. The fourth-order valence-corrected chi connectivity index (χ4v) is 19.3. The van der Waals surface area contributed by atoms with Gasteiger partial charge in [-0.15, -0.1) is 0 Å². The summed E-state index contributed by atoms with van der Waals surface area (Å²) < 4.78 is 20.2. The first-order valence-corrected chi connectivity index (χ1v) is 38.2. The highest BCUT2D eigenvalue weighted by molar-refractivity contribution is 6.24. The smallest absolute Gasteiger partial charge is 0.0725 e. The molecular formula is C103H66N8. The summed E-state index contributed by atoms with van der Waals surface area (Å²) in [7, 11) is 0. The van der Waals surface area contributed by atoms with Crippen molar-refractivity contribution in [3.8, 4) is 45.5 Å². The van der Waals surface area contributed by atoms with Gasteiger partial charge in [0.1, 0.15) is 0 Å². The Morgan fingerprint density at radius 3 is 0.640 bits per heavy atom. The van der Waals surface area contributed by atoms with Crippen LogP contribution in [0.2, 0.25) is 0 Å². The number of fused-ring (bicyclic) bond motifs is 22. The topological polar surface area (TPSA) is 39.4 Å². The van der Waals surface area contributed by atoms with Crippen LogP contribution in [0.3, 0.4) is 0 Å². The first-order chi connectivity index (χ1) is 55.0. The summed E-state index contributed by atoms with van der Waals surface area (Å²) in [5.41, 5.74) is 27.5. The molecule has 111 heavy (non-hydrogen) atoms. The molecule has 24 rings (SSSR count). The van der Waals surface area contributed by atoms with Gasteiger partial charge in [0, 0.05) is 109 Å². The van der Waals surface area contributed by atoms with Crippen molar-refractivity contribution in [1.82, 2.24) is 36.5 Å². The summed E-state index contributed by atoms with van der Waals surface area (Å²) >= 11 is 0. The van der Waals surface area contributed by atoms with Gasteiger partial charge in [-0.25, -0.2) is 0 Å². The van der Waals surface area contributed by atoms with E-state index >= 15 is 0 Å². The zero-order valence-electron chi connectivity index (χ0n) is 60.5. The third-order valence-corrected chi connectivity index (χ3v) is 23.9. The molecule has 0 radical (unpaired) electrons. The Kier molecular flexibility index (Phi) is 12.9. The molecule has 0 saturated carbocycles. The number of allylic oxidation sites excluding steroid dienone is 2. The van der Waals surface area contributed by atoms with Crippen LogP contribution in [0.5, 0.6) is 0 Å². The molecule has 0 saturated heterocycles. The molecule has 0 fully saturated rings. The summed E-state index contributed by atoms with van der Waals surface area (Å²) in [6.07, 6.45) is 6.31. The van der Waals surface area contributed by atoms with Crippen molar-refractivity contribution in [1.29, 1.82) is 0 Å². The Labute approximate surface area is 636 Å². The van der Waals surface area contributed by atoms with Gasteiger partial charge in [0.25, 0.3) is 0 Å². The zero-order chi connectivity index (χ0) is 72.8. The second-order valence-electron chi connectivity index (χ2n) is 29.6. The normalized spacial score (nSPS) is 12.4. The average molecular weight is 1420 g/mol. The highest BCUT2D eigenvalue weighted by atomic mass is 15.1. The molecule has 518 valence electrons. The van der Waals surface area contributed by atoms with E-state index in [1.54, 1.807) is 0 Å². The van der Waals surface area contributed by atoms with Crippen LogP contribution < -0.4 is 0 Å². The molecule has 0 spiro atoms. The third kappa shape index (κ3) is 8.58. The number of nitrogens with zero attached hydrogens (tertiary/aromatic N) is 8. The van der Waals surface area contributed by atoms with Gasteiger partial charge >= 0.3 is 0 Å². The monoisotopic (exact) mass is 1410 g/mol. The molecule has 8 nitrogen and oxygen atoms in total. The highest BCUT2D eigenvalue weighted by Crippen LogP contribution is 2.50. The van der Waals surface area contributed by atoms with E-state index in [0.29, 0.717) is 0 Å². The van der Waals surface area contributed by atoms with Gasteiger partial charge in [0.2, 0.25) is 0 Å². The maximum Gasteiger partial charge on any atom is 0.0725 e. The lowest BCUT2D eigenvalue weighted by Gasteiger charge is -2.24. The number of aromatic nitrogens is 8. The first-order valence-electron chi connectivity index (χ1n) is 38.2. The molecule has 8 aromatic heterocycles. The molecule has 8 heteroatoms. The predicted octanol–water partition coefficient (Wildman–Crippen LogP) is 26.8. The number of hydrogen-bond donors (Lipinski definition) is 0. The Bertz CT molecular complexity index is 8140. The number of hydrogen-bond acceptors (Lipinski definition) is 0. The lowest BCUT2D eigenvalue weighted by atomic mass is 10.1. The van der Waals surface area contributed by atoms with E-state index in [2.05, 4.69) is 414 Å². The van der Waals surface area contributed by atoms with Crippen LogP contribution >= 0.6 is 0 Å².